The van der Waals surface area contributed by atoms with Crippen molar-refractivity contribution in [2.24, 2.45) is 0 Å². The minimum Gasteiger partial charge on any atom is -0.351 e. The average molecular weight is 611 g/mol. The van der Waals surface area contributed by atoms with E-state index in [2.05, 4.69) is 15.3 Å². The monoisotopic (exact) mass is 610 g/mol. The van der Waals surface area contributed by atoms with Crippen molar-refractivity contribution in [1.29, 1.82) is 5.26 Å². The van der Waals surface area contributed by atoms with E-state index in [1.165, 1.54) is 36.7 Å². The van der Waals surface area contributed by atoms with Crippen molar-refractivity contribution in [1.82, 2.24) is 15.3 Å². The maximum absolute atomic E-state index is 14.5. The molecule has 0 spiro atoms. The smallest absolute Gasteiger partial charge is 0.251 e. The third-order valence-corrected chi connectivity index (χ3v) is 7.94. The van der Waals surface area contributed by atoms with Crippen LogP contribution in [0, 0.1) is 17.1 Å². The standard InChI is InChI=1S/C30H26ClF3N6O3/c31-23-4-2-1-3-22(23)27(28(42)38-20-7-10-30(33,34)11-8-20)39(21-14-19(32)16-36-17-21)29(43)24-5-6-26(41)40(24)25-13-18(15-35)9-12-37-25/h1-4,9,12-14,16-17,20,24,27H,5-8,10-11H2,(H,38,42). The Labute approximate surface area is 250 Å². The molecule has 2 aromatic heterocycles. The van der Waals surface area contributed by atoms with E-state index in [-0.39, 0.29) is 53.3 Å². The van der Waals surface area contributed by atoms with E-state index in [1.54, 1.807) is 12.1 Å². The van der Waals surface area contributed by atoms with Crippen LogP contribution in [0.3, 0.4) is 0 Å². The molecule has 1 aliphatic heterocycles. The number of carbonyl (C=O) groups excluding carboxylic acids is 3. The predicted molar refractivity (Wildman–Crippen MR) is 151 cm³/mol. The quantitative estimate of drug-likeness (QED) is 0.397. The lowest BCUT2D eigenvalue weighted by Crippen LogP contribution is -2.53. The molecule has 222 valence electrons. The first kappa shape index (κ1) is 30.0. The van der Waals surface area contributed by atoms with Gasteiger partial charge in [-0.1, -0.05) is 29.8 Å². The van der Waals surface area contributed by atoms with Crippen LogP contribution in [0.5, 0.6) is 0 Å². The molecule has 1 aliphatic carbocycles. The van der Waals surface area contributed by atoms with Gasteiger partial charge < -0.3 is 5.32 Å². The Hall–Kier alpha value is -4.50. The number of nitriles is 1. The summed E-state index contributed by atoms with van der Waals surface area (Å²) in [5.41, 5.74) is 0.327. The summed E-state index contributed by atoms with van der Waals surface area (Å²) in [6.07, 6.45) is 2.73. The Morgan fingerprint density at radius 1 is 1.14 bits per heavy atom. The Balaban J connectivity index is 1.59. The first-order valence-electron chi connectivity index (χ1n) is 13.6. The molecule has 43 heavy (non-hydrogen) atoms. The molecule has 1 saturated heterocycles. The summed E-state index contributed by atoms with van der Waals surface area (Å²) in [7, 11) is 0. The number of aromatic nitrogens is 2. The Morgan fingerprint density at radius 2 is 1.88 bits per heavy atom. The van der Waals surface area contributed by atoms with Crippen molar-refractivity contribution >= 4 is 40.8 Å². The number of hydrogen-bond donors (Lipinski definition) is 1. The van der Waals surface area contributed by atoms with Crippen molar-refractivity contribution in [3.8, 4) is 6.07 Å². The summed E-state index contributed by atoms with van der Waals surface area (Å²) < 4.78 is 42.2. The van der Waals surface area contributed by atoms with Gasteiger partial charge in [0.25, 0.3) is 5.91 Å². The number of pyridine rings is 2. The first-order chi connectivity index (χ1) is 20.6. The van der Waals surface area contributed by atoms with Crippen LogP contribution in [0.25, 0.3) is 0 Å². The van der Waals surface area contributed by atoms with Crippen LogP contribution >= 0.6 is 11.6 Å². The highest BCUT2D eigenvalue weighted by atomic mass is 35.5. The van der Waals surface area contributed by atoms with Gasteiger partial charge in [0.15, 0.2) is 0 Å². The van der Waals surface area contributed by atoms with Gasteiger partial charge in [0.05, 0.1) is 29.7 Å². The molecular weight excluding hydrogens is 585 g/mol. The number of hydrogen-bond acceptors (Lipinski definition) is 6. The molecular formula is C30H26ClF3N6O3. The molecule has 0 radical (unpaired) electrons. The SMILES string of the molecule is N#Cc1ccnc(N2C(=O)CCC2C(=O)N(c2cncc(F)c2)C(C(=O)NC2CCC(F)(F)CC2)c2ccccc2Cl)c1. The minimum absolute atomic E-state index is 0.0231. The van der Waals surface area contributed by atoms with Crippen LogP contribution in [0.15, 0.2) is 61.1 Å². The summed E-state index contributed by atoms with van der Waals surface area (Å²) in [6, 6.07) is 8.85. The number of nitrogens with zero attached hydrogens (tertiary/aromatic N) is 5. The molecule has 1 N–H and O–H groups in total. The van der Waals surface area contributed by atoms with Crippen LogP contribution in [0.4, 0.5) is 24.7 Å². The van der Waals surface area contributed by atoms with E-state index in [0.717, 1.165) is 22.1 Å². The van der Waals surface area contributed by atoms with Gasteiger partial charge in [0.2, 0.25) is 17.7 Å². The number of amides is 3. The molecule has 2 atom stereocenters. The lowest BCUT2D eigenvalue weighted by molar-refractivity contribution is -0.128. The van der Waals surface area contributed by atoms with Crippen LogP contribution in [0.1, 0.15) is 55.7 Å². The largest absolute Gasteiger partial charge is 0.351 e. The van der Waals surface area contributed by atoms with E-state index in [0.29, 0.717) is 0 Å². The average Bonchev–Trinajstić information content (AvgIpc) is 3.38. The van der Waals surface area contributed by atoms with E-state index in [1.807, 2.05) is 6.07 Å². The van der Waals surface area contributed by atoms with Gasteiger partial charge in [-0.15, -0.1) is 0 Å². The Bertz CT molecular complexity index is 1590. The fourth-order valence-electron chi connectivity index (χ4n) is 5.48. The first-order valence-corrected chi connectivity index (χ1v) is 14.0. The fourth-order valence-corrected chi connectivity index (χ4v) is 5.72. The Morgan fingerprint density at radius 3 is 2.58 bits per heavy atom. The third-order valence-electron chi connectivity index (χ3n) is 7.59. The second kappa shape index (κ2) is 12.4. The zero-order chi connectivity index (χ0) is 30.7. The molecule has 5 rings (SSSR count). The van der Waals surface area contributed by atoms with Crippen LogP contribution in [-0.2, 0) is 14.4 Å². The highest BCUT2D eigenvalue weighted by Gasteiger charge is 2.45. The normalized spacial score (nSPS) is 19.0. The van der Waals surface area contributed by atoms with Crippen molar-refractivity contribution in [2.45, 2.75) is 62.6 Å². The summed E-state index contributed by atoms with van der Waals surface area (Å²) in [6.45, 7) is 0. The van der Waals surface area contributed by atoms with Crippen molar-refractivity contribution in [3.63, 3.8) is 0 Å². The van der Waals surface area contributed by atoms with Crippen LogP contribution < -0.4 is 15.1 Å². The van der Waals surface area contributed by atoms with Crippen molar-refractivity contribution in [3.05, 3.63) is 83.0 Å². The number of benzene rings is 1. The molecule has 3 aromatic rings. The number of carbonyl (C=O) groups is 3. The topological polar surface area (TPSA) is 119 Å². The van der Waals surface area contributed by atoms with Crippen LogP contribution in [-0.4, -0.2) is 45.7 Å². The van der Waals surface area contributed by atoms with E-state index in [4.69, 9.17) is 11.6 Å². The van der Waals surface area contributed by atoms with E-state index < -0.39 is 60.4 Å². The number of rotatable bonds is 7. The maximum Gasteiger partial charge on any atom is 0.251 e. The molecule has 9 nitrogen and oxygen atoms in total. The van der Waals surface area contributed by atoms with Gasteiger partial charge in [-0.05, 0) is 37.5 Å². The van der Waals surface area contributed by atoms with Crippen molar-refractivity contribution in [2.75, 3.05) is 9.80 Å². The molecule has 3 heterocycles. The zero-order valence-corrected chi connectivity index (χ0v) is 23.5. The maximum atomic E-state index is 14.5. The summed E-state index contributed by atoms with van der Waals surface area (Å²) in [4.78, 5) is 51.9. The molecule has 3 amide bonds. The second-order valence-electron chi connectivity index (χ2n) is 10.5. The molecule has 1 saturated carbocycles. The third kappa shape index (κ3) is 6.46. The Kier molecular flexibility index (Phi) is 8.64. The number of halogens is 4. The van der Waals surface area contributed by atoms with E-state index >= 15 is 0 Å². The number of alkyl halides is 2. The lowest BCUT2D eigenvalue weighted by atomic mass is 9.91. The molecule has 2 fully saturated rings. The van der Waals surface area contributed by atoms with Gasteiger partial charge in [0.1, 0.15) is 23.7 Å². The highest BCUT2D eigenvalue weighted by Crippen LogP contribution is 2.37. The summed E-state index contributed by atoms with van der Waals surface area (Å²) in [5, 5.41) is 12.3. The van der Waals surface area contributed by atoms with Crippen LogP contribution in [0.2, 0.25) is 5.02 Å². The molecule has 2 aliphatic rings. The summed E-state index contributed by atoms with van der Waals surface area (Å²) in [5.74, 6) is -5.45. The zero-order valence-electron chi connectivity index (χ0n) is 22.7. The van der Waals surface area contributed by atoms with Gasteiger partial charge in [-0.25, -0.2) is 18.2 Å². The lowest BCUT2D eigenvalue weighted by Gasteiger charge is -2.36. The van der Waals surface area contributed by atoms with Gasteiger partial charge in [0, 0.05) is 48.2 Å². The van der Waals surface area contributed by atoms with Gasteiger partial charge in [-0.2, -0.15) is 5.26 Å². The number of anilines is 2. The molecule has 2 unspecified atom stereocenters. The summed E-state index contributed by atoms with van der Waals surface area (Å²) >= 11 is 6.54. The van der Waals surface area contributed by atoms with Crippen molar-refractivity contribution < 1.29 is 27.6 Å². The highest BCUT2D eigenvalue weighted by molar-refractivity contribution is 6.31. The van der Waals surface area contributed by atoms with Gasteiger partial charge >= 0.3 is 0 Å². The molecule has 1 aromatic carbocycles. The fraction of sp³-hybridized carbons (Fsp3) is 0.333. The number of nitrogens with one attached hydrogen (secondary N) is 1. The minimum atomic E-state index is -2.83. The van der Waals surface area contributed by atoms with Gasteiger partial charge in [-0.3, -0.25) is 29.2 Å². The second-order valence-corrected chi connectivity index (χ2v) is 10.9. The van der Waals surface area contributed by atoms with E-state index in [9.17, 15) is 32.8 Å². The molecule has 0 bridgehead atoms. The molecule has 13 heteroatoms. The predicted octanol–water partition coefficient (Wildman–Crippen LogP) is 5.10.